The maximum Gasteiger partial charge on any atom is 0.414 e. The standard InChI is InChI=1S/C22H25NO2/c1-16(2)21-15-25-22(24)23(21)14-20(19-12-8-5-9-13-19)17(3)18-10-6-4-7-11-18/h4-14,16-17,21H,15H2,1-3H3/b20-14+/t17-,21-/m1/s1. The van der Waals surface area contributed by atoms with E-state index < -0.39 is 0 Å². The summed E-state index contributed by atoms with van der Waals surface area (Å²) in [6, 6.07) is 20.7. The first kappa shape index (κ1) is 17.3. The number of hydrogen-bond donors (Lipinski definition) is 0. The Morgan fingerprint density at radius 2 is 1.64 bits per heavy atom. The maximum atomic E-state index is 12.3. The van der Waals surface area contributed by atoms with Crippen LogP contribution < -0.4 is 0 Å². The predicted octanol–water partition coefficient (Wildman–Crippen LogP) is 5.31. The highest BCUT2D eigenvalue weighted by Crippen LogP contribution is 2.33. The quantitative estimate of drug-likeness (QED) is 0.741. The van der Waals surface area contributed by atoms with Gasteiger partial charge in [0.05, 0.1) is 6.04 Å². The lowest BCUT2D eigenvalue weighted by Gasteiger charge is -2.25. The van der Waals surface area contributed by atoms with Crippen LogP contribution in [0.15, 0.2) is 66.9 Å². The number of carbonyl (C=O) groups is 1. The Balaban J connectivity index is 2.03. The fraction of sp³-hybridized carbons (Fsp3) is 0.318. The largest absolute Gasteiger partial charge is 0.447 e. The molecule has 0 N–H and O–H groups in total. The van der Waals surface area contributed by atoms with Gasteiger partial charge < -0.3 is 4.74 Å². The average molecular weight is 335 g/mol. The Hall–Kier alpha value is -2.55. The van der Waals surface area contributed by atoms with Crippen molar-refractivity contribution in [2.75, 3.05) is 6.61 Å². The lowest BCUT2D eigenvalue weighted by Crippen LogP contribution is -2.33. The van der Waals surface area contributed by atoms with E-state index in [0.29, 0.717) is 12.5 Å². The van der Waals surface area contributed by atoms with E-state index in [1.54, 1.807) is 4.90 Å². The molecule has 0 aliphatic carbocycles. The van der Waals surface area contributed by atoms with Crippen LogP contribution in [0.4, 0.5) is 4.79 Å². The molecule has 1 aliphatic heterocycles. The van der Waals surface area contributed by atoms with Crippen molar-refractivity contribution in [1.29, 1.82) is 0 Å². The van der Waals surface area contributed by atoms with Gasteiger partial charge in [-0.1, -0.05) is 81.4 Å². The van der Waals surface area contributed by atoms with Crippen LogP contribution >= 0.6 is 0 Å². The number of nitrogens with zero attached hydrogens (tertiary/aromatic N) is 1. The van der Waals surface area contributed by atoms with Crippen LogP contribution in [0.3, 0.4) is 0 Å². The van der Waals surface area contributed by atoms with Gasteiger partial charge in [0.15, 0.2) is 0 Å². The molecule has 2 aromatic rings. The molecule has 0 saturated carbocycles. The molecular formula is C22H25NO2. The van der Waals surface area contributed by atoms with Crippen molar-refractivity contribution < 1.29 is 9.53 Å². The van der Waals surface area contributed by atoms with Crippen LogP contribution in [0, 0.1) is 5.92 Å². The van der Waals surface area contributed by atoms with Crippen molar-refractivity contribution in [3.8, 4) is 0 Å². The van der Waals surface area contributed by atoms with Crippen LogP contribution in [0.25, 0.3) is 5.57 Å². The second kappa shape index (κ2) is 7.56. The van der Waals surface area contributed by atoms with E-state index in [2.05, 4.69) is 57.2 Å². The minimum absolute atomic E-state index is 0.0779. The normalized spacial score (nSPS) is 19.2. The topological polar surface area (TPSA) is 29.5 Å². The number of carbonyl (C=O) groups excluding carboxylic acids is 1. The summed E-state index contributed by atoms with van der Waals surface area (Å²) in [5.74, 6) is 0.511. The van der Waals surface area contributed by atoms with Gasteiger partial charge in [0.25, 0.3) is 0 Å². The fourth-order valence-electron chi connectivity index (χ4n) is 3.25. The average Bonchev–Trinajstić information content (AvgIpc) is 3.01. The van der Waals surface area contributed by atoms with E-state index in [1.165, 1.54) is 5.56 Å². The molecule has 3 rings (SSSR count). The lowest BCUT2D eigenvalue weighted by atomic mass is 9.88. The molecule has 0 unspecified atom stereocenters. The number of hydrogen-bond acceptors (Lipinski definition) is 2. The highest BCUT2D eigenvalue weighted by molar-refractivity contribution is 5.77. The van der Waals surface area contributed by atoms with Crippen molar-refractivity contribution in [3.05, 3.63) is 78.0 Å². The van der Waals surface area contributed by atoms with Gasteiger partial charge >= 0.3 is 6.09 Å². The molecule has 3 nitrogen and oxygen atoms in total. The molecule has 1 saturated heterocycles. The number of rotatable bonds is 5. The summed E-state index contributed by atoms with van der Waals surface area (Å²) in [5.41, 5.74) is 3.48. The molecular weight excluding hydrogens is 310 g/mol. The Kier molecular flexibility index (Phi) is 5.22. The molecule has 3 heteroatoms. The highest BCUT2D eigenvalue weighted by atomic mass is 16.6. The summed E-state index contributed by atoms with van der Waals surface area (Å²) in [5, 5.41) is 0. The third-order valence-corrected chi connectivity index (χ3v) is 4.87. The molecule has 25 heavy (non-hydrogen) atoms. The lowest BCUT2D eigenvalue weighted by molar-refractivity contribution is 0.166. The third-order valence-electron chi connectivity index (χ3n) is 4.87. The van der Waals surface area contributed by atoms with Crippen molar-refractivity contribution in [2.24, 2.45) is 5.92 Å². The molecule has 1 aliphatic rings. The summed E-state index contributed by atoms with van der Waals surface area (Å²) in [7, 11) is 0. The first-order valence-electron chi connectivity index (χ1n) is 8.85. The van der Waals surface area contributed by atoms with Gasteiger partial charge in [-0.15, -0.1) is 0 Å². The molecule has 0 aromatic heterocycles. The predicted molar refractivity (Wildman–Crippen MR) is 101 cm³/mol. The van der Waals surface area contributed by atoms with E-state index in [9.17, 15) is 4.79 Å². The molecule has 130 valence electrons. The van der Waals surface area contributed by atoms with Crippen molar-refractivity contribution in [3.63, 3.8) is 0 Å². The van der Waals surface area contributed by atoms with E-state index in [4.69, 9.17) is 4.74 Å². The molecule has 1 fully saturated rings. The molecule has 0 radical (unpaired) electrons. The zero-order valence-corrected chi connectivity index (χ0v) is 15.1. The highest BCUT2D eigenvalue weighted by Gasteiger charge is 2.34. The Morgan fingerprint density at radius 3 is 2.24 bits per heavy atom. The van der Waals surface area contributed by atoms with E-state index in [0.717, 1.165) is 11.1 Å². The summed E-state index contributed by atoms with van der Waals surface area (Å²) < 4.78 is 5.30. The summed E-state index contributed by atoms with van der Waals surface area (Å²) >= 11 is 0. The van der Waals surface area contributed by atoms with Crippen LogP contribution in [-0.4, -0.2) is 23.6 Å². The molecule has 1 amide bonds. The van der Waals surface area contributed by atoms with E-state index >= 15 is 0 Å². The van der Waals surface area contributed by atoms with Crippen molar-refractivity contribution in [1.82, 2.24) is 4.90 Å². The maximum absolute atomic E-state index is 12.3. The van der Waals surface area contributed by atoms with Crippen LogP contribution in [0.2, 0.25) is 0 Å². The summed E-state index contributed by atoms with van der Waals surface area (Å²) in [6.45, 7) is 6.88. The second-order valence-electron chi connectivity index (χ2n) is 6.88. The van der Waals surface area contributed by atoms with Crippen molar-refractivity contribution >= 4 is 11.7 Å². The third kappa shape index (κ3) is 3.76. The van der Waals surface area contributed by atoms with Crippen LogP contribution in [-0.2, 0) is 4.74 Å². The molecule has 0 bridgehead atoms. The van der Waals surface area contributed by atoms with Crippen LogP contribution in [0.1, 0.15) is 37.8 Å². The minimum Gasteiger partial charge on any atom is -0.447 e. The van der Waals surface area contributed by atoms with E-state index in [-0.39, 0.29) is 18.1 Å². The number of cyclic esters (lactones) is 1. The van der Waals surface area contributed by atoms with Crippen LogP contribution in [0.5, 0.6) is 0 Å². The number of allylic oxidation sites excluding steroid dienone is 1. The summed E-state index contributed by atoms with van der Waals surface area (Å²) in [6.07, 6.45) is 1.74. The second-order valence-corrected chi connectivity index (χ2v) is 6.88. The first-order valence-corrected chi connectivity index (χ1v) is 8.85. The Labute approximate surface area is 149 Å². The van der Waals surface area contributed by atoms with Gasteiger partial charge in [0, 0.05) is 12.1 Å². The SMILES string of the molecule is CC(C)[C@H]1COC(=O)N1/C=C(/c1ccccc1)[C@H](C)c1ccccc1. The zero-order valence-electron chi connectivity index (χ0n) is 15.1. The molecule has 0 spiro atoms. The van der Waals surface area contributed by atoms with Gasteiger partial charge in [-0.25, -0.2) is 4.79 Å². The Morgan fingerprint density at radius 1 is 1.04 bits per heavy atom. The number of ether oxygens (including phenoxy) is 1. The fourth-order valence-corrected chi connectivity index (χ4v) is 3.25. The van der Waals surface area contributed by atoms with Gasteiger partial charge in [-0.3, -0.25) is 4.90 Å². The van der Waals surface area contributed by atoms with Crippen molar-refractivity contribution in [2.45, 2.75) is 32.7 Å². The zero-order chi connectivity index (χ0) is 17.8. The van der Waals surface area contributed by atoms with Gasteiger partial charge in [-0.05, 0) is 22.6 Å². The first-order chi connectivity index (χ1) is 12.1. The van der Waals surface area contributed by atoms with Gasteiger partial charge in [-0.2, -0.15) is 0 Å². The smallest absolute Gasteiger partial charge is 0.414 e. The van der Waals surface area contributed by atoms with Gasteiger partial charge in [0.1, 0.15) is 6.61 Å². The van der Waals surface area contributed by atoms with E-state index in [1.807, 2.05) is 30.5 Å². The molecule has 2 atom stereocenters. The molecule has 2 aromatic carbocycles. The number of benzene rings is 2. The number of amides is 1. The Bertz CT molecular complexity index is 737. The monoisotopic (exact) mass is 335 g/mol. The minimum atomic E-state index is -0.257. The van der Waals surface area contributed by atoms with Gasteiger partial charge in [0.2, 0.25) is 0 Å². The summed E-state index contributed by atoms with van der Waals surface area (Å²) in [4.78, 5) is 14.0. The molecule has 1 heterocycles.